The Morgan fingerprint density at radius 2 is 2.05 bits per heavy atom. The number of aryl methyl sites for hydroxylation is 1. The highest BCUT2D eigenvalue weighted by Gasteiger charge is 2.13. The zero-order chi connectivity index (χ0) is 13.8. The van der Waals surface area contributed by atoms with E-state index in [4.69, 9.17) is 4.52 Å². The van der Waals surface area contributed by atoms with E-state index in [1.807, 2.05) is 0 Å². The third-order valence-electron chi connectivity index (χ3n) is 2.37. The zero-order valence-electron chi connectivity index (χ0n) is 10.6. The van der Waals surface area contributed by atoms with E-state index in [-0.39, 0.29) is 18.1 Å². The molecule has 0 atom stereocenters. The number of para-hydroxylation sites is 1. The summed E-state index contributed by atoms with van der Waals surface area (Å²) in [6, 6.07) is 7.05. The Hall–Kier alpha value is -2.50. The molecule has 6 heteroatoms. The van der Waals surface area contributed by atoms with Gasteiger partial charge < -0.3 is 9.84 Å². The molecule has 0 spiro atoms. The molecule has 0 aliphatic carbocycles. The number of amides is 1. The van der Waals surface area contributed by atoms with Crippen LogP contribution < -0.4 is 5.32 Å². The predicted octanol–water partition coefficient (Wildman–Crippen LogP) is 1.96. The highest BCUT2D eigenvalue weighted by molar-refractivity contribution is 6.04. The first-order chi connectivity index (χ1) is 9.06. The predicted molar refractivity (Wildman–Crippen MR) is 68.4 cm³/mol. The lowest BCUT2D eigenvalue weighted by Crippen LogP contribution is -2.15. The van der Waals surface area contributed by atoms with Crippen LogP contribution in [0.4, 0.5) is 5.69 Å². The van der Waals surface area contributed by atoms with Gasteiger partial charge in [0.15, 0.2) is 5.82 Å². The standard InChI is InChI=1S/C13H13N3O3/c1-8(17)7-12(18)15-11-6-4-3-5-10(11)13-14-9(2)16-19-13/h3-6H,7H2,1-2H3,(H,15,18). The third-order valence-corrected chi connectivity index (χ3v) is 2.37. The number of ketones is 1. The molecule has 0 unspecified atom stereocenters. The Morgan fingerprint density at radius 1 is 1.32 bits per heavy atom. The van der Waals surface area contributed by atoms with Crippen LogP contribution in [0.15, 0.2) is 28.8 Å². The van der Waals surface area contributed by atoms with Crippen LogP contribution in [0.25, 0.3) is 11.5 Å². The Kier molecular flexibility index (Phi) is 3.70. The number of hydrogen-bond acceptors (Lipinski definition) is 5. The highest BCUT2D eigenvalue weighted by atomic mass is 16.5. The van der Waals surface area contributed by atoms with Crippen molar-refractivity contribution in [2.75, 3.05) is 5.32 Å². The summed E-state index contributed by atoms with van der Waals surface area (Å²) in [5.74, 6) is 0.288. The molecule has 0 saturated carbocycles. The Bertz CT molecular complexity index is 619. The second-order valence-electron chi connectivity index (χ2n) is 4.12. The van der Waals surface area contributed by atoms with Gasteiger partial charge in [0.25, 0.3) is 5.89 Å². The van der Waals surface area contributed by atoms with Crippen molar-refractivity contribution < 1.29 is 14.1 Å². The molecule has 1 amide bonds. The van der Waals surface area contributed by atoms with Gasteiger partial charge >= 0.3 is 0 Å². The van der Waals surface area contributed by atoms with Gasteiger partial charge in [0.05, 0.1) is 17.7 Å². The molecule has 2 rings (SSSR count). The molecule has 0 bridgehead atoms. The van der Waals surface area contributed by atoms with E-state index >= 15 is 0 Å². The number of rotatable bonds is 4. The summed E-state index contributed by atoms with van der Waals surface area (Å²) >= 11 is 0. The maximum atomic E-state index is 11.6. The molecule has 0 aliphatic rings. The van der Waals surface area contributed by atoms with Crippen molar-refractivity contribution >= 4 is 17.4 Å². The van der Waals surface area contributed by atoms with Crippen LogP contribution in [0.3, 0.4) is 0 Å². The van der Waals surface area contributed by atoms with Gasteiger partial charge in [-0.05, 0) is 26.0 Å². The number of Topliss-reactive ketones (excluding diaryl/α,β-unsaturated/α-hetero) is 1. The first-order valence-corrected chi connectivity index (χ1v) is 5.75. The Balaban J connectivity index is 2.26. The van der Waals surface area contributed by atoms with E-state index in [0.29, 0.717) is 23.0 Å². The van der Waals surface area contributed by atoms with Crippen LogP contribution in [0.2, 0.25) is 0 Å². The molecule has 0 saturated heterocycles. The number of nitrogens with one attached hydrogen (secondary N) is 1. The van der Waals surface area contributed by atoms with Crippen molar-refractivity contribution in [2.24, 2.45) is 0 Å². The average molecular weight is 259 g/mol. The second-order valence-corrected chi connectivity index (χ2v) is 4.12. The van der Waals surface area contributed by atoms with Crippen LogP contribution >= 0.6 is 0 Å². The van der Waals surface area contributed by atoms with E-state index in [1.54, 1.807) is 31.2 Å². The maximum absolute atomic E-state index is 11.6. The summed E-state index contributed by atoms with van der Waals surface area (Å²) in [6.07, 6.45) is -0.156. The number of anilines is 1. The van der Waals surface area contributed by atoms with E-state index in [2.05, 4.69) is 15.5 Å². The van der Waals surface area contributed by atoms with Gasteiger partial charge in [-0.25, -0.2) is 0 Å². The molecule has 1 aromatic heterocycles. The summed E-state index contributed by atoms with van der Waals surface area (Å²) in [5, 5.41) is 6.37. The third kappa shape index (κ3) is 3.25. The minimum Gasteiger partial charge on any atom is -0.334 e. The number of carbonyl (C=O) groups excluding carboxylic acids is 2. The topological polar surface area (TPSA) is 85.1 Å². The zero-order valence-corrected chi connectivity index (χ0v) is 10.6. The average Bonchev–Trinajstić information content (AvgIpc) is 2.75. The maximum Gasteiger partial charge on any atom is 0.260 e. The van der Waals surface area contributed by atoms with Crippen molar-refractivity contribution in [1.29, 1.82) is 0 Å². The van der Waals surface area contributed by atoms with Gasteiger partial charge in [0.2, 0.25) is 5.91 Å². The molecular weight excluding hydrogens is 246 g/mol. The lowest BCUT2D eigenvalue weighted by atomic mass is 10.1. The molecular formula is C13H13N3O3. The van der Waals surface area contributed by atoms with Crippen molar-refractivity contribution in [3.63, 3.8) is 0 Å². The molecule has 2 aromatic rings. The first-order valence-electron chi connectivity index (χ1n) is 5.75. The SMILES string of the molecule is CC(=O)CC(=O)Nc1ccccc1-c1nc(C)no1. The van der Waals surface area contributed by atoms with Crippen LogP contribution in [0, 0.1) is 6.92 Å². The van der Waals surface area contributed by atoms with Gasteiger partial charge in [-0.15, -0.1) is 0 Å². The fraction of sp³-hybridized carbons (Fsp3) is 0.231. The van der Waals surface area contributed by atoms with Crippen LogP contribution in [-0.2, 0) is 9.59 Å². The van der Waals surface area contributed by atoms with E-state index < -0.39 is 0 Å². The molecule has 19 heavy (non-hydrogen) atoms. The molecule has 1 N–H and O–H groups in total. The smallest absolute Gasteiger partial charge is 0.260 e. The van der Waals surface area contributed by atoms with Gasteiger partial charge in [0, 0.05) is 0 Å². The largest absolute Gasteiger partial charge is 0.334 e. The number of aromatic nitrogens is 2. The molecule has 1 aromatic carbocycles. The first kappa shape index (κ1) is 12.9. The molecule has 1 heterocycles. The number of hydrogen-bond donors (Lipinski definition) is 1. The van der Waals surface area contributed by atoms with Crippen molar-refractivity contribution in [3.05, 3.63) is 30.1 Å². The Morgan fingerprint density at radius 3 is 2.68 bits per heavy atom. The Labute approximate surface area is 109 Å². The van der Waals surface area contributed by atoms with Crippen molar-refractivity contribution in [3.8, 4) is 11.5 Å². The summed E-state index contributed by atoms with van der Waals surface area (Å²) in [4.78, 5) is 26.6. The molecule has 0 radical (unpaired) electrons. The molecule has 6 nitrogen and oxygen atoms in total. The fourth-order valence-corrected chi connectivity index (χ4v) is 1.61. The van der Waals surface area contributed by atoms with Crippen LogP contribution in [0.1, 0.15) is 19.2 Å². The van der Waals surface area contributed by atoms with Gasteiger partial charge in [-0.3, -0.25) is 9.59 Å². The lowest BCUT2D eigenvalue weighted by Gasteiger charge is -2.07. The summed E-state index contributed by atoms with van der Waals surface area (Å²) in [7, 11) is 0. The number of benzene rings is 1. The molecule has 98 valence electrons. The number of carbonyl (C=O) groups is 2. The summed E-state index contributed by atoms with van der Waals surface area (Å²) in [6.45, 7) is 3.08. The minimum absolute atomic E-state index is 0.156. The highest BCUT2D eigenvalue weighted by Crippen LogP contribution is 2.26. The van der Waals surface area contributed by atoms with Gasteiger partial charge in [0.1, 0.15) is 5.78 Å². The number of nitrogens with zero attached hydrogens (tertiary/aromatic N) is 2. The lowest BCUT2D eigenvalue weighted by molar-refractivity contribution is -0.124. The van der Waals surface area contributed by atoms with E-state index in [0.717, 1.165) is 0 Å². The quantitative estimate of drug-likeness (QED) is 0.848. The second kappa shape index (κ2) is 5.43. The molecule has 0 fully saturated rings. The van der Waals surface area contributed by atoms with Crippen LogP contribution in [-0.4, -0.2) is 21.8 Å². The van der Waals surface area contributed by atoms with Gasteiger partial charge in [-0.1, -0.05) is 17.3 Å². The minimum atomic E-state index is -0.365. The monoisotopic (exact) mass is 259 g/mol. The summed E-state index contributed by atoms with van der Waals surface area (Å²) < 4.78 is 5.07. The van der Waals surface area contributed by atoms with Crippen molar-refractivity contribution in [2.45, 2.75) is 20.3 Å². The normalized spacial score (nSPS) is 10.2. The van der Waals surface area contributed by atoms with Crippen molar-refractivity contribution in [1.82, 2.24) is 10.1 Å². The van der Waals surface area contributed by atoms with E-state index in [1.165, 1.54) is 6.92 Å². The summed E-state index contributed by atoms with van der Waals surface area (Å²) in [5.41, 5.74) is 1.16. The molecule has 0 aliphatic heterocycles. The fourth-order valence-electron chi connectivity index (χ4n) is 1.61. The van der Waals surface area contributed by atoms with E-state index in [9.17, 15) is 9.59 Å². The van der Waals surface area contributed by atoms with Gasteiger partial charge in [-0.2, -0.15) is 4.98 Å². The van der Waals surface area contributed by atoms with Crippen LogP contribution in [0.5, 0.6) is 0 Å².